The van der Waals surface area contributed by atoms with Gasteiger partial charge in [0, 0.05) is 43.4 Å². The number of ether oxygens (including phenoxy) is 1. The van der Waals surface area contributed by atoms with E-state index in [1.165, 1.54) is 12.1 Å². The van der Waals surface area contributed by atoms with Crippen LogP contribution in [0.5, 0.6) is 0 Å². The lowest BCUT2D eigenvalue weighted by molar-refractivity contribution is -0.273. The predicted octanol–water partition coefficient (Wildman–Crippen LogP) is 5.67. The summed E-state index contributed by atoms with van der Waals surface area (Å²) in [5.41, 5.74) is -5.79. The number of aromatic nitrogens is 1. The highest BCUT2D eigenvalue weighted by Crippen LogP contribution is 2.56. The Morgan fingerprint density at radius 2 is 1.71 bits per heavy atom. The van der Waals surface area contributed by atoms with E-state index < -0.39 is 120 Å². The zero-order valence-electron chi connectivity index (χ0n) is 24.4. The standard InChI is InChI=1S/C26H23F7N2O5S2/c1-14-3-5-15(6-4-14)42(38,39)35-13-23(16-7-8-24(40-2,12-22(16)35)26(31,32)33)41(36,37)34-21-10-19(27)17(9-20(21)28)18-11-25(18,29)30/h3-6,9-10,13,18,34H,7-8,11-12H2,1-2H3/t18-,24+/m1/s1/i2D3. The highest BCUT2D eigenvalue weighted by molar-refractivity contribution is 7.93. The zero-order valence-corrected chi connectivity index (χ0v) is 23.0. The lowest BCUT2D eigenvalue weighted by Crippen LogP contribution is -2.51. The Bertz CT molecular complexity index is 1890. The molecule has 1 N–H and O–H groups in total. The summed E-state index contributed by atoms with van der Waals surface area (Å²) in [5.74, 6) is -7.68. The van der Waals surface area contributed by atoms with Gasteiger partial charge in [-0.15, -0.1) is 0 Å². The Labute approximate surface area is 240 Å². The van der Waals surface area contributed by atoms with Crippen LogP contribution in [-0.2, 0) is 37.6 Å². The summed E-state index contributed by atoms with van der Waals surface area (Å²) in [7, 11) is -13.5. The van der Waals surface area contributed by atoms with Gasteiger partial charge in [-0.3, -0.25) is 4.72 Å². The van der Waals surface area contributed by atoms with Crippen LogP contribution in [-0.4, -0.2) is 45.5 Å². The number of hydrogen-bond acceptors (Lipinski definition) is 5. The van der Waals surface area contributed by atoms with Crippen LogP contribution in [0.25, 0.3) is 0 Å². The van der Waals surface area contributed by atoms with Crippen LogP contribution in [0.3, 0.4) is 0 Å². The molecule has 2 atom stereocenters. The Morgan fingerprint density at radius 3 is 2.29 bits per heavy atom. The largest absolute Gasteiger partial charge is 0.417 e. The first-order valence-electron chi connectivity index (χ1n) is 13.7. The molecule has 0 bridgehead atoms. The summed E-state index contributed by atoms with van der Waals surface area (Å²) in [4.78, 5) is -1.38. The minimum atomic E-state index is -5.36. The Kier molecular flexibility index (Phi) is 6.13. The quantitative estimate of drug-likeness (QED) is 0.335. The first-order chi connectivity index (χ1) is 20.5. The second kappa shape index (κ2) is 9.71. The van der Waals surface area contributed by atoms with Crippen LogP contribution < -0.4 is 4.72 Å². The van der Waals surface area contributed by atoms with Gasteiger partial charge in [-0.1, -0.05) is 17.7 Å². The van der Waals surface area contributed by atoms with E-state index >= 15 is 0 Å². The second-order valence-electron chi connectivity index (χ2n) is 10.3. The second-order valence-corrected chi connectivity index (χ2v) is 13.7. The normalized spacial score (nSPS) is 23.4. The van der Waals surface area contributed by atoms with Crippen LogP contribution in [0.4, 0.5) is 36.4 Å². The van der Waals surface area contributed by atoms with Crippen LogP contribution in [0.15, 0.2) is 52.4 Å². The Balaban J connectivity index is 1.64. The number of methoxy groups -OCH3 is 1. The van der Waals surface area contributed by atoms with E-state index in [0.717, 1.165) is 12.1 Å². The highest BCUT2D eigenvalue weighted by atomic mass is 32.2. The van der Waals surface area contributed by atoms with Gasteiger partial charge in [-0.2, -0.15) is 13.2 Å². The first-order valence-corrected chi connectivity index (χ1v) is 15.1. The van der Waals surface area contributed by atoms with Crippen molar-refractivity contribution in [2.75, 3.05) is 11.8 Å². The summed E-state index contributed by atoms with van der Waals surface area (Å²) in [6, 6.07) is 5.69. The molecule has 0 aliphatic heterocycles. The van der Waals surface area contributed by atoms with E-state index in [1.54, 1.807) is 11.6 Å². The fraction of sp³-hybridized carbons (Fsp3) is 0.385. The number of aryl methyl sites for hydroxylation is 1. The fourth-order valence-electron chi connectivity index (χ4n) is 4.99. The van der Waals surface area contributed by atoms with Crippen molar-refractivity contribution in [2.24, 2.45) is 0 Å². The molecule has 228 valence electrons. The number of benzene rings is 2. The Morgan fingerprint density at radius 1 is 1.07 bits per heavy atom. The van der Waals surface area contributed by atoms with Crippen molar-refractivity contribution in [2.45, 2.75) is 66.0 Å². The van der Waals surface area contributed by atoms with Gasteiger partial charge in [0.2, 0.25) is 0 Å². The number of anilines is 1. The topological polar surface area (TPSA) is 94.5 Å². The number of nitrogens with zero attached hydrogens (tertiary/aromatic N) is 1. The molecular formula is C26H23F7N2O5S2. The third kappa shape index (κ3) is 4.96. The number of alkyl halides is 5. The highest BCUT2D eigenvalue weighted by Gasteiger charge is 2.59. The summed E-state index contributed by atoms with van der Waals surface area (Å²) in [6.07, 6.45) is -9.04. The summed E-state index contributed by atoms with van der Waals surface area (Å²) in [6.45, 7) is 1.62. The van der Waals surface area contributed by atoms with Crippen LogP contribution in [0, 0.1) is 18.6 Å². The van der Waals surface area contributed by atoms with Crippen molar-refractivity contribution in [3.8, 4) is 0 Å². The van der Waals surface area contributed by atoms with Crippen LogP contribution in [0.1, 0.15) is 45.3 Å². The minimum absolute atomic E-state index is 0.263. The van der Waals surface area contributed by atoms with Crippen LogP contribution >= 0.6 is 0 Å². The molecule has 2 aliphatic carbocycles. The maximum Gasteiger partial charge on any atom is 0.417 e. The molecular weight excluding hydrogens is 617 g/mol. The van der Waals surface area contributed by atoms with Crippen molar-refractivity contribution >= 4 is 25.7 Å². The molecule has 1 heterocycles. The number of halogens is 7. The average Bonchev–Trinajstić information content (AvgIpc) is 3.33. The van der Waals surface area contributed by atoms with E-state index in [1.807, 2.05) is 0 Å². The van der Waals surface area contributed by atoms with Crippen molar-refractivity contribution in [1.29, 1.82) is 0 Å². The monoisotopic (exact) mass is 643 g/mol. The van der Waals surface area contributed by atoms with Crippen molar-refractivity contribution in [3.05, 3.63) is 76.6 Å². The van der Waals surface area contributed by atoms with E-state index in [-0.39, 0.29) is 3.97 Å². The number of hydrogen-bond donors (Lipinski definition) is 1. The summed E-state index contributed by atoms with van der Waals surface area (Å²) in [5, 5.41) is 0. The molecule has 3 aromatic rings. The maximum absolute atomic E-state index is 14.9. The van der Waals surface area contributed by atoms with Gasteiger partial charge in [0.1, 0.15) is 16.5 Å². The average molecular weight is 644 g/mol. The third-order valence-corrected chi connectivity index (χ3v) is 10.6. The van der Waals surface area contributed by atoms with E-state index in [4.69, 9.17) is 4.11 Å². The molecule has 0 saturated heterocycles. The lowest BCUT2D eigenvalue weighted by atomic mass is 9.83. The molecule has 1 aromatic heterocycles. The van der Waals surface area contributed by atoms with Gasteiger partial charge >= 0.3 is 6.18 Å². The predicted molar refractivity (Wildman–Crippen MR) is 135 cm³/mol. The molecule has 2 aromatic carbocycles. The van der Waals surface area contributed by atoms with Crippen LogP contribution in [0.2, 0.25) is 0 Å². The molecule has 1 fully saturated rings. The van der Waals surface area contributed by atoms with E-state index in [2.05, 4.69) is 4.74 Å². The van der Waals surface area contributed by atoms with E-state index in [0.29, 0.717) is 23.9 Å². The third-order valence-electron chi connectivity index (χ3n) is 7.49. The minimum Gasteiger partial charge on any atom is -0.368 e. The van der Waals surface area contributed by atoms with Gasteiger partial charge in [-0.05, 0) is 43.5 Å². The zero-order chi connectivity index (χ0) is 33.5. The lowest BCUT2D eigenvalue weighted by Gasteiger charge is -2.38. The van der Waals surface area contributed by atoms with Crippen molar-refractivity contribution in [3.63, 3.8) is 0 Å². The van der Waals surface area contributed by atoms with Gasteiger partial charge in [0.05, 0.1) is 20.6 Å². The van der Waals surface area contributed by atoms with Crippen molar-refractivity contribution in [1.82, 2.24) is 3.97 Å². The Hall–Kier alpha value is -3.11. The maximum atomic E-state index is 14.9. The molecule has 0 radical (unpaired) electrons. The number of nitrogens with one attached hydrogen (secondary N) is 1. The van der Waals surface area contributed by atoms with Gasteiger partial charge in [0.15, 0.2) is 5.60 Å². The summed E-state index contributed by atoms with van der Waals surface area (Å²) >= 11 is 0. The van der Waals surface area contributed by atoms with Gasteiger partial charge < -0.3 is 4.74 Å². The van der Waals surface area contributed by atoms with E-state index in [9.17, 15) is 47.6 Å². The first kappa shape index (κ1) is 26.5. The molecule has 1 saturated carbocycles. The number of rotatable bonds is 7. The molecule has 5 rings (SSSR count). The van der Waals surface area contributed by atoms with Gasteiger partial charge in [-0.25, -0.2) is 38.4 Å². The molecule has 7 nitrogen and oxygen atoms in total. The smallest absolute Gasteiger partial charge is 0.368 e. The summed E-state index contributed by atoms with van der Waals surface area (Å²) < 4.78 is 182. The molecule has 2 aliphatic rings. The molecule has 16 heteroatoms. The molecule has 0 spiro atoms. The van der Waals surface area contributed by atoms with Gasteiger partial charge in [0.25, 0.3) is 26.0 Å². The molecule has 0 amide bonds. The molecule has 42 heavy (non-hydrogen) atoms. The number of sulfonamides is 1. The van der Waals surface area contributed by atoms with Crippen molar-refractivity contribution < 1.29 is 56.4 Å². The SMILES string of the molecule is [2H]C([2H])([2H])O[C@@]1(C(F)(F)F)CCc2c(S(=O)(=O)Nc3cc(F)c([C@H]4CC4(F)F)cc3F)cn(S(=O)(=O)c3ccc(C)cc3)c2C1. The molecule has 0 unspecified atom stereocenters. The number of fused-ring (bicyclic) bond motifs is 1. The fourth-order valence-corrected chi connectivity index (χ4v) is 7.82.